The molecule has 0 atom stereocenters. The van der Waals surface area contributed by atoms with Gasteiger partial charge in [0.1, 0.15) is 0 Å². The van der Waals surface area contributed by atoms with E-state index in [-0.39, 0.29) is 0 Å². The van der Waals surface area contributed by atoms with Gasteiger partial charge >= 0.3 is 0 Å². The summed E-state index contributed by atoms with van der Waals surface area (Å²) in [6, 6.07) is 98.8. The summed E-state index contributed by atoms with van der Waals surface area (Å²) in [6.45, 7) is 0. The van der Waals surface area contributed by atoms with E-state index in [0.717, 1.165) is 6.42 Å². The van der Waals surface area contributed by atoms with E-state index >= 15 is 0 Å². The van der Waals surface area contributed by atoms with Gasteiger partial charge < -0.3 is 4.57 Å². The van der Waals surface area contributed by atoms with Crippen LogP contribution in [-0.4, -0.2) is 20.7 Å². The maximum absolute atomic E-state index is 2.96. The lowest BCUT2D eigenvalue weighted by atomic mass is 10.0. The molecule has 1 heterocycles. The van der Waals surface area contributed by atoms with Gasteiger partial charge in [0, 0.05) is 17.2 Å². The Morgan fingerprint density at radius 1 is 0.281 bits per heavy atom. The van der Waals surface area contributed by atoms with Crippen molar-refractivity contribution in [1.29, 1.82) is 0 Å². The van der Waals surface area contributed by atoms with Gasteiger partial charge in [0.15, 0.2) is 16.1 Å². The monoisotopic (exact) mass is 847 g/mol. The highest BCUT2D eigenvalue weighted by Gasteiger charge is 2.45. The molecular formula is C61H45NSi2. The summed E-state index contributed by atoms with van der Waals surface area (Å²) in [7, 11) is -5.76. The number of rotatable bonds is 9. The van der Waals surface area contributed by atoms with Gasteiger partial charge in [0.2, 0.25) is 0 Å². The van der Waals surface area contributed by atoms with Gasteiger partial charge in [0.25, 0.3) is 0 Å². The van der Waals surface area contributed by atoms with Crippen molar-refractivity contribution in [3.05, 3.63) is 272 Å². The van der Waals surface area contributed by atoms with E-state index in [2.05, 4.69) is 265 Å². The lowest BCUT2D eigenvalue weighted by molar-refractivity contribution is 1.12. The minimum absolute atomic E-state index is 0.856. The third-order valence-electron chi connectivity index (χ3n) is 13.9. The summed E-state index contributed by atoms with van der Waals surface area (Å²) in [5.74, 6) is 0. The molecule has 0 N–H and O–H groups in total. The Morgan fingerprint density at radius 3 is 1.03 bits per heavy atom. The molecule has 0 spiro atoms. The summed E-state index contributed by atoms with van der Waals surface area (Å²) in [6.07, 6.45) is 0.856. The van der Waals surface area contributed by atoms with Gasteiger partial charge in [0.05, 0.1) is 16.7 Å². The average molecular weight is 848 g/mol. The molecule has 0 amide bonds. The first kappa shape index (κ1) is 38.1. The second-order valence-corrected chi connectivity index (χ2v) is 24.8. The van der Waals surface area contributed by atoms with E-state index in [1.807, 2.05) is 0 Å². The quantitative estimate of drug-likeness (QED) is 0.101. The van der Waals surface area contributed by atoms with E-state index in [0.29, 0.717) is 0 Å². The smallest absolute Gasteiger partial charge is 0.179 e. The van der Waals surface area contributed by atoms with Crippen molar-refractivity contribution in [2.24, 2.45) is 0 Å². The third-order valence-corrected chi connectivity index (χ3v) is 23.4. The third kappa shape index (κ3) is 5.82. The number of hydrogen-bond donors (Lipinski definition) is 0. The Hall–Kier alpha value is -7.57. The molecule has 1 nitrogen and oxygen atoms in total. The zero-order valence-electron chi connectivity index (χ0n) is 35.5. The minimum Gasteiger partial charge on any atom is -0.309 e. The molecule has 11 aromatic rings. The molecule has 0 unspecified atom stereocenters. The summed E-state index contributed by atoms with van der Waals surface area (Å²) in [5, 5.41) is 13.6. The lowest BCUT2D eigenvalue weighted by Crippen LogP contribution is -2.74. The van der Waals surface area contributed by atoms with E-state index in [4.69, 9.17) is 0 Å². The van der Waals surface area contributed by atoms with E-state index < -0.39 is 16.1 Å². The van der Waals surface area contributed by atoms with Crippen LogP contribution in [-0.2, 0) is 6.42 Å². The highest BCUT2D eigenvalue weighted by molar-refractivity contribution is 7.20. The maximum Gasteiger partial charge on any atom is 0.179 e. The second-order valence-electron chi connectivity index (χ2n) is 17.1. The minimum atomic E-state index is -2.96. The Bertz CT molecular complexity index is 3190. The molecule has 3 heteroatoms. The molecule has 302 valence electrons. The Morgan fingerprint density at radius 2 is 0.625 bits per heavy atom. The summed E-state index contributed by atoms with van der Waals surface area (Å²) in [5.41, 5.74) is 9.16. The largest absolute Gasteiger partial charge is 0.309 e. The zero-order chi connectivity index (χ0) is 42.5. The molecule has 0 bridgehead atoms. The Labute approximate surface area is 377 Å². The molecule has 12 rings (SSSR count). The number of nitrogens with zero attached hydrogens (tertiary/aromatic N) is 1. The van der Waals surface area contributed by atoms with Gasteiger partial charge in [-0.05, 0) is 81.9 Å². The van der Waals surface area contributed by atoms with Gasteiger partial charge in [-0.2, -0.15) is 0 Å². The van der Waals surface area contributed by atoms with Crippen LogP contribution in [0.5, 0.6) is 0 Å². The van der Waals surface area contributed by atoms with Crippen LogP contribution in [0.2, 0.25) is 0 Å². The molecule has 1 aromatic heterocycles. The highest BCUT2D eigenvalue weighted by atomic mass is 28.3. The first-order chi connectivity index (χ1) is 31.8. The summed E-state index contributed by atoms with van der Waals surface area (Å²) in [4.78, 5) is 0. The number of fused-ring (bicyclic) bond motifs is 6. The van der Waals surface area contributed by atoms with E-state index in [1.54, 1.807) is 0 Å². The van der Waals surface area contributed by atoms with E-state index in [9.17, 15) is 0 Å². The van der Waals surface area contributed by atoms with Gasteiger partial charge in [-0.25, -0.2) is 0 Å². The standard InChI is InChI=1S/C61H45NSi2/c1-7-23-46(24-8-1)63(47-25-9-2-10-26-47,48-27-11-3-12-28-48)52-40-39-45-41-58-57(56(45)42-52)43-53(44-61(58)62-59-37-21-19-35-54(59)55-36-20-22-38-60(55)62)64(49-29-13-4-14-30-49,50-31-15-5-16-32-50)51-33-17-6-18-34-51/h1-40,42-44H,41H2. The second kappa shape index (κ2) is 15.7. The van der Waals surface area contributed by atoms with Crippen molar-refractivity contribution < 1.29 is 0 Å². The number of para-hydroxylation sites is 2. The average Bonchev–Trinajstić information content (AvgIpc) is 3.92. The van der Waals surface area contributed by atoms with Crippen LogP contribution >= 0.6 is 0 Å². The van der Waals surface area contributed by atoms with Crippen LogP contribution in [0.15, 0.2) is 261 Å². The lowest BCUT2D eigenvalue weighted by Gasteiger charge is -2.35. The van der Waals surface area contributed by atoms with Crippen LogP contribution in [0, 0.1) is 0 Å². The zero-order valence-corrected chi connectivity index (χ0v) is 37.5. The van der Waals surface area contributed by atoms with Gasteiger partial charge in [-0.1, -0.05) is 243 Å². The first-order valence-electron chi connectivity index (χ1n) is 22.4. The van der Waals surface area contributed by atoms with Crippen molar-refractivity contribution >= 4 is 79.4 Å². The van der Waals surface area contributed by atoms with Crippen molar-refractivity contribution in [2.75, 3.05) is 0 Å². The molecule has 0 fully saturated rings. The molecule has 64 heavy (non-hydrogen) atoms. The van der Waals surface area contributed by atoms with Crippen LogP contribution in [0.4, 0.5) is 0 Å². The van der Waals surface area contributed by atoms with Crippen molar-refractivity contribution in [1.82, 2.24) is 4.57 Å². The van der Waals surface area contributed by atoms with Crippen LogP contribution in [0.3, 0.4) is 0 Å². The van der Waals surface area contributed by atoms with E-state index in [1.165, 1.54) is 91.2 Å². The van der Waals surface area contributed by atoms with Crippen molar-refractivity contribution in [3.8, 4) is 16.8 Å². The number of benzene rings is 10. The predicted molar refractivity (Wildman–Crippen MR) is 276 cm³/mol. The molecule has 0 aliphatic heterocycles. The normalized spacial score (nSPS) is 12.3. The maximum atomic E-state index is 2.62. The fourth-order valence-corrected chi connectivity index (χ4v) is 20.8. The number of hydrogen-bond acceptors (Lipinski definition) is 0. The molecule has 0 radical (unpaired) electrons. The number of aromatic nitrogens is 1. The Balaban J connectivity index is 1.22. The van der Waals surface area contributed by atoms with Crippen molar-refractivity contribution in [3.63, 3.8) is 0 Å². The highest BCUT2D eigenvalue weighted by Crippen LogP contribution is 2.42. The van der Waals surface area contributed by atoms with Crippen LogP contribution in [0.25, 0.3) is 38.6 Å². The SMILES string of the molecule is c1ccc([Si](c2ccccc2)(c2ccccc2)c2ccc3c(c2)-c2cc([Si](c4ccccc4)(c4ccccc4)c4ccccc4)cc(-n4c5ccccc5c5ccccc54)c2C3)cc1. The van der Waals surface area contributed by atoms with Gasteiger partial charge in [-0.15, -0.1) is 0 Å². The fraction of sp³-hybridized carbons (Fsp3) is 0.0164. The molecule has 1 aliphatic rings. The topological polar surface area (TPSA) is 4.93 Å². The first-order valence-corrected chi connectivity index (χ1v) is 26.4. The fourth-order valence-electron chi connectivity index (χ4n) is 11.2. The molecular weight excluding hydrogens is 803 g/mol. The molecule has 10 aromatic carbocycles. The molecule has 0 saturated carbocycles. The summed E-state index contributed by atoms with van der Waals surface area (Å²) < 4.78 is 2.58. The predicted octanol–water partition coefficient (Wildman–Crippen LogP) is 9.11. The van der Waals surface area contributed by atoms with Crippen LogP contribution in [0.1, 0.15) is 11.1 Å². The van der Waals surface area contributed by atoms with Gasteiger partial charge in [-0.3, -0.25) is 0 Å². The van der Waals surface area contributed by atoms with Crippen LogP contribution < -0.4 is 41.5 Å². The van der Waals surface area contributed by atoms with Crippen molar-refractivity contribution in [2.45, 2.75) is 6.42 Å². The summed E-state index contributed by atoms with van der Waals surface area (Å²) >= 11 is 0. The molecule has 0 saturated heterocycles. The Kier molecular flexibility index (Phi) is 9.33. The molecule has 1 aliphatic carbocycles.